The van der Waals surface area contributed by atoms with Crippen LogP contribution in [0, 0.1) is 0 Å². The molecule has 0 atom stereocenters. The molecule has 24 heavy (non-hydrogen) atoms. The van der Waals surface area contributed by atoms with E-state index in [-0.39, 0.29) is 0 Å². The van der Waals surface area contributed by atoms with E-state index in [4.69, 9.17) is 0 Å². The molecule has 1 aromatic carbocycles. The van der Waals surface area contributed by atoms with Crippen molar-refractivity contribution in [2.45, 2.75) is 20.0 Å². The van der Waals surface area contributed by atoms with Crippen molar-refractivity contribution in [3.05, 3.63) is 60.0 Å². The van der Waals surface area contributed by atoms with Crippen molar-refractivity contribution in [1.29, 1.82) is 0 Å². The largest absolute Gasteiger partial charge is 0.357 e. The van der Waals surface area contributed by atoms with Gasteiger partial charge in [-0.2, -0.15) is 5.10 Å². The number of nitrogens with zero attached hydrogens (tertiary/aromatic N) is 4. The van der Waals surface area contributed by atoms with Crippen molar-refractivity contribution in [2.24, 2.45) is 12.0 Å². The quantitative estimate of drug-likeness (QED) is 0.558. The molecule has 3 aromatic rings. The Morgan fingerprint density at radius 3 is 2.79 bits per heavy atom. The van der Waals surface area contributed by atoms with Gasteiger partial charge in [-0.05, 0) is 24.6 Å². The summed E-state index contributed by atoms with van der Waals surface area (Å²) in [7, 11) is 1.93. The summed E-state index contributed by atoms with van der Waals surface area (Å²) >= 11 is 0. The minimum absolute atomic E-state index is 0.578. The Morgan fingerprint density at radius 1 is 1.12 bits per heavy atom. The first-order valence-corrected chi connectivity index (χ1v) is 8.09. The van der Waals surface area contributed by atoms with Crippen LogP contribution in [0.15, 0.2) is 53.8 Å². The second-order valence-corrected chi connectivity index (χ2v) is 5.49. The number of hydrogen-bond donors (Lipinski definition) is 2. The molecule has 0 radical (unpaired) electrons. The van der Waals surface area contributed by atoms with Crippen molar-refractivity contribution in [3.63, 3.8) is 0 Å². The van der Waals surface area contributed by atoms with Crippen LogP contribution < -0.4 is 10.6 Å². The number of aromatic nitrogens is 3. The van der Waals surface area contributed by atoms with Gasteiger partial charge in [0.15, 0.2) is 5.96 Å². The third-order valence-electron chi connectivity index (χ3n) is 3.83. The number of aryl methyl sites for hydroxylation is 1. The molecular formula is C18H22N6. The lowest BCUT2D eigenvalue weighted by atomic mass is 10.1. The fraction of sp³-hybridized carbons (Fsp3) is 0.278. The van der Waals surface area contributed by atoms with E-state index in [1.807, 2.05) is 36.1 Å². The highest BCUT2D eigenvalue weighted by Gasteiger charge is 2.04. The van der Waals surface area contributed by atoms with E-state index in [1.165, 1.54) is 0 Å². The monoisotopic (exact) mass is 322 g/mol. The molecule has 6 heteroatoms. The highest BCUT2D eigenvalue weighted by Crippen LogP contribution is 2.16. The van der Waals surface area contributed by atoms with Gasteiger partial charge in [0.05, 0.1) is 24.3 Å². The molecule has 124 valence electrons. The summed E-state index contributed by atoms with van der Waals surface area (Å²) in [6.45, 7) is 4.12. The molecule has 0 fully saturated rings. The van der Waals surface area contributed by atoms with E-state index in [0.29, 0.717) is 13.1 Å². The van der Waals surface area contributed by atoms with Crippen LogP contribution in [0.5, 0.6) is 0 Å². The van der Waals surface area contributed by atoms with Crippen LogP contribution in [0.4, 0.5) is 0 Å². The van der Waals surface area contributed by atoms with Gasteiger partial charge in [0.25, 0.3) is 0 Å². The molecule has 2 heterocycles. The summed E-state index contributed by atoms with van der Waals surface area (Å²) in [5.74, 6) is 0.784. The zero-order chi connectivity index (χ0) is 16.8. The number of rotatable bonds is 5. The van der Waals surface area contributed by atoms with Gasteiger partial charge in [0.1, 0.15) is 0 Å². The molecule has 3 rings (SSSR count). The van der Waals surface area contributed by atoms with Gasteiger partial charge < -0.3 is 10.6 Å². The molecule has 2 aromatic heterocycles. The Balaban J connectivity index is 1.74. The molecule has 0 aliphatic rings. The molecule has 0 aliphatic carbocycles. The van der Waals surface area contributed by atoms with Gasteiger partial charge in [0, 0.05) is 31.4 Å². The Morgan fingerprint density at radius 2 is 2.00 bits per heavy atom. The molecule has 0 amide bonds. The van der Waals surface area contributed by atoms with E-state index in [9.17, 15) is 0 Å². The minimum Gasteiger partial charge on any atom is -0.357 e. The molecule has 0 bridgehead atoms. The second-order valence-electron chi connectivity index (χ2n) is 5.49. The maximum absolute atomic E-state index is 4.69. The lowest BCUT2D eigenvalue weighted by Gasteiger charge is -2.12. The maximum atomic E-state index is 4.69. The summed E-state index contributed by atoms with van der Waals surface area (Å²) in [4.78, 5) is 9.17. The SMILES string of the molecule is CCNC(=NCc1cccc2cccnc12)NCc1ccnn1C. The third kappa shape index (κ3) is 3.71. The number of hydrogen-bond acceptors (Lipinski definition) is 3. The molecule has 0 spiro atoms. The van der Waals surface area contributed by atoms with E-state index in [0.717, 1.165) is 34.7 Å². The zero-order valence-corrected chi connectivity index (χ0v) is 14.0. The summed E-state index contributed by atoms with van der Waals surface area (Å²) in [6, 6.07) is 12.2. The predicted octanol–water partition coefficient (Wildman–Crippen LogP) is 2.22. The first-order chi connectivity index (χ1) is 11.8. The molecule has 0 aliphatic heterocycles. The number of fused-ring (bicyclic) bond motifs is 1. The highest BCUT2D eigenvalue weighted by atomic mass is 15.3. The fourth-order valence-corrected chi connectivity index (χ4v) is 2.55. The van der Waals surface area contributed by atoms with E-state index in [1.54, 1.807) is 6.20 Å². The van der Waals surface area contributed by atoms with Gasteiger partial charge >= 0.3 is 0 Å². The number of guanidine groups is 1. The molecule has 0 saturated heterocycles. The molecular weight excluding hydrogens is 300 g/mol. The summed E-state index contributed by atoms with van der Waals surface area (Å²) in [6.07, 6.45) is 3.62. The Labute approximate surface area is 141 Å². The van der Waals surface area contributed by atoms with Gasteiger partial charge in [-0.3, -0.25) is 9.67 Å². The second kappa shape index (κ2) is 7.59. The van der Waals surface area contributed by atoms with Gasteiger partial charge in [-0.25, -0.2) is 4.99 Å². The van der Waals surface area contributed by atoms with E-state index < -0.39 is 0 Å². The predicted molar refractivity (Wildman–Crippen MR) is 96.6 cm³/mol. The fourth-order valence-electron chi connectivity index (χ4n) is 2.55. The Hall–Kier alpha value is -2.89. The van der Waals surface area contributed by atoms with Crippen LogP contribution in [0.1, 0.15) is 18.2 Å². The summed E-state index contributed by atoms with van der Waals surface area (Å²) in [5, 5.41) is 11.9. The van der Waals surface area contributed by atoms with Crippen molar-refractivity contribution < 1.29 is 0 Å². The van der Waals surface area contributed by atoms with E-state index in [2.05, 4.69) is 50.8 Å². The van der Waals surface area contributed by atoms with Crippen LogP contribution in [0.25, 0.3) is 10.9 Å². The van der Waals surface area contributed by atoms with Crippen LogP contribution >= 0.6 is 0 Å². The third-order valence-corrected chi connectivity index (χ3v) is 3.83. The lowest BCUT2D eigenvalue weighted by Crippen LogP contribution is -2.37. The summed E-state index contributed by atoms with van der Waals surface area (Å²) in [5.41, 5.74) is 3.23. The number of aliphatic imine (C=N–C) groups is 1. The molecule has 2 N–H and O–H groups in total. The highest BCUT2D eigenvalue weighted by molar-refractivity contribution is 5.83. The number of pyridine rings is 1. The number of para-hydroxylation sites is 1. The van der Waals surface area contributed by atoms with Crippen molar-refractivity contribution in [1.82, 2.24) is 25.4 Å². The van der Waals surface area contributed by atoms with Crippen molar-refractivity contribution in [3.8, 4) is 0 Å². The van der Waals surface area contributed by atoms with Crippen LogP contribution in [0.2, 0.25) is 0 Å². The Kier molecular flexibility index (Phi) is 5.05. The van der Waals surface area contributed by atoms with Gasteiger partial charge in [0.2, 0.25) is 0 Å². The first kappa shape index (κ1) is 16.0. The van der Waals surface area contributed by atoms with Crippen molar-refractivity contribution >= 4 is 16.9 Å². The minimum atomic E-state index is 0.578. The number of nitrogens with one attached hydrogen (secondary N) is 2. The molecule has 0 unspecified atom stereocenters. The average Bonchev–Trinajstić information content (AvgIpc) is 3.02. The van der Waals surface area contributed by atoms with Crippen molar-refractivity contribution in [2.75, 3.05) is 6.54 Å². The van der Waals surface area contributed by atoms with Gasteiger partial charge in [-0.15, -0.1) is 0 Å². The maximum Gasteiger partial charge on any atom is 0.191 e. The zero-order valence-electron chi connectivity index (χ0n) is 14.0. The topological polar surface area (TPSA) is 67.1 Å². The number of benzene rings is 1. The molecule has 0 saturated carbocycles. The van der Waals surface area contributed by atoms with Crippen LogP contribution in [0.3, 0.4) is 0 Å². The standard InChI is InChI=1S/C18H22N6/c1-3-19-18(22-13-16-9-11-23-24(16)2)21-12-15-7-4-6-14-8-5-10-20-17(14)15/h4-11H,3,12-13H2,1-2H3,(H2,19,21,22). The first-order valence-electron chi connectivity index (χ1n) is 8.09. The molecule has 6 nitrogen and oxygen atoms in total. The van der Waals surface area contributed by atoms with Gasteiger partial charge in [-0.1, -0.05) is 24.3 Å². The smallest absolute Gasteiger partial charge is 0.191 e. The Bertz CT molecular complexity index is 831. The lowest BCUT2D eigenvalue weighted by molar-refractivity contribution is 0.685. The summed E-state index contributed by atoms with van der Waals surface area (Å²) < 4.78 is 1.85. The van der Waals surface area contributed by atoms with E-state index >= 15 is 0 Å². The van der Waals surface area contributed by atoms with Crippen LogP contribution in [-0.4, -0.2) is 27.3 Å². The van der Waals surface area contributed by atoms with Crippen LogP contribution in [-0.2, 0) is 20.1 Å². The average molecular weight is 322 g/mol. The normalized spacial score (nSPS) is 11.7.